The zero-order valence-corrected chi connectivity index (χ0v) is 19.6. The number of imidazole rings is 1. The Morgan fingerprint density at radius 3 is 2.35 bits per heavy atom. The third kappa shape index (κ3) is 3.99. The van der Waals surface area contributed by atoms with Gasteiger partial charge in [-0.1, -0.05) is 86.1 Å². The summed E-state index contributed by atoms with van der Waals surface area (Å²) in [6.07, 6.45) is 3.12. The third-order valence-corrected chi connectivity index (χ3v) is 6.23. The molecule has 168 valence electrons. The van der Waals surface area contributed by atoms with Gasteiger partial charge in [-0.3, -0.25) is 4.57 Å². The maximum absolute atomic E-state index is 9.44. The van der Waals surface area contributed by atoms with E-state index in [-0.39, 0.29) is 0 Å². The Balaban J connectivity index is 1.53. The van der Waals surface area contributed by atoms with Gasteiger partial charge in [-0.25, -0.2) is 4.98 Å². The van der Waals surface area contributed by atoms with Crippen molar-refractivity contribution in [3.8, 4) is 28.5 Å². The fourth-order valence-electron chi connectivity index (χ4n) is 4.47. The largest absolute Gasteiger partial charge is 0.292 e. The lowest BCUT2D eigenvalue weighted by Gasteiger charge is -2.09. The average Bonchev–Trinajstić information content (AvgIpc) is 3.37. The lowest BCUT2D eigenvalue weighted by Crippen LogP contribution is -2.06. The molecule has 2 aromatic heterocycles. The first-order valence-electron chi connectivity index (χ1n) is 11.8. The van der Waals surface area contributed by atoms with E-state index in [1.807, 2.05) is 34.8 Å². The molecule has 0 spiro atoms. The van der Waals surface area contributed by atoms with Crippen LogP contribution in [0.25, 0.3) is 28.2 Å². The van der Waals surface area contributed by atoms with Gasteiger partial charge in [-0.2, -0.15) is 14.9 Å². The predicted molar refractivity (Wildman–Crippen MR) is 135 cm³/mol. The fourth-order valence-corrected chi connectivity index (χ4v) is 4.47. The number of nitrogens with zero attached hydrogens (tertiary/aromatic N) is 5. The number of nitriles is 1. The third-order valence-electron chi connectivity index (χ3n) is 6.23. The Hall–Kier alpha value is -4.17. The number of fused-ring (bicyclic) bond motifs is 1. The molecule has 0 saturated heterocycles. The van der Waals surface area contributed by atoms with Crippen LogP contribution < -0.4 is 0 Å². The molecule has 0 aliphatic carbocycles. The van der Waals surface area contributed by atoms with E-state index in [0.29, 0.717) is 12.1 Å². The second-order valence-corrected chi connectivity index (χ2v) is 8.58. The zero-order valence-electron chi connectivity index (χ0n) is 19.6. The summed E-state index contributed by atoms with van der Waals surface area (Å²) in [4.78, 5) is 4.93. The second-order valence-electron chi connectivity index (χ2n) is 8.58. The van der Waals surface area contributed by atoms with Crippen LogP contribution in [-0.2, 0) is 13.0 Å². The number of aromatic nitrogens is 4. The summed E-state index contributed by atoms with van der Waals surface area (Å²) in [5, 5.41) is 14.5. The van der Waals surface area contributed by atoms with Crippen molar-refractivity contribution in [3.05, 3.63) is 102 Å². The molecule has 0 aliphatic heterocycles. The molecule has 0 saturated carbocycles. The molecule has 0 amide bonds. The highest BCUT2D eigenvalue weighted by Gasteiger charge is 2.19. The van der Waals surface area contributed by atoms with Gasteiger partial charge in [0, 0.05) is 12.0 Å². The second kappa shape index (κ2) is 9.36. The molecule has 34 heavy (non-hydrogen) atoms. The number of unbranched alkanes of at least 4 members (excludes halogenated alkanes) is 1. The first kappa shape index (κ1) is 21.7. The molecule has 0 aliphatic rings. The summed E-state index contributed by atoms with van der Waals surface area (Å²) in [6.45, 7) is 4.96. The van der Waals surface area contributed by atoms with Crippen molar-refractivity contribution < 1.29 is 0 Å². The van der Waals surface area contributed by atoms with E-state index in [4.69, 9.17) is 10.1 Å². The Kier molecular flexibility index (Phi) is 5.97. The van der Waals surface area contributed by atoms with Gasteiger partial charge in [0.05, 0.1) is 29.6 Å². The summed E-state index contributed by atoms with van der Waals surface area (Å²) >= 11 is 0. The highest BCUT2D eigenvalue weighted by Crippen LogP contribution is 2.27. The smallest absolute Gasteiger partial charge is 0.233 e. The maximum Gasteiger partial charge on any atom is 0.233 e. The molecular formula is C29H27N5. The molecule has 0 bridgehead atoms. The van der Waals surface area contributed by atoms with Gasteiger partial charge < -0.3 is 0 Å². The molecular weight excluding hydrogens is 418 g/mol. The van der Waals surface area contributed by atoms with E-state index in [0.717, 1.165) is 58.9 Å². The van der Waals surface area contributed by atoms with Gasteiger partial charge in [-0.15, -0.1) is 0 Å². The van der Waals surface area contributed by atoms with Crippen molar-refractivity contribution in [1.82, 2.24) is 19.2 Å². The molecule has 0 N–H and O–H groups in total. The normalized spacial score (nSPS) is 11.1. The van der Waals surface area contributed by atoms with Crippen molar-refractivity contribution >= 4 is 5.78 Å². The molecule has 2 heterocycles. The van der Waals surface area contributed by atoms with E-state index in [9.17, 15) is 5.26 Å². The van der Waals surface area contributed by atoms with Gasteiger partial charge in [0.25, 0.3) is 0 Å². The Bertz CT molecular complexity index is 1470. The summed E-state index contributed by atoms with van der Waals surface area (Å²) in [6, 6.07) is 28.8. The predicted octanol–water partition coefficient (Wildman–Crippen LogP) is 6.44. The average molecular weight is 446 g/mol. The summed E-state index contributed by atoms with van der Waals surface area (Å²) in [7, 11) is 0. The van der Waals surface area contributed by atoms with Crippen LogP contribution in [0.4, 0.5) is 0 Å². The van der Waals surface area contributed by atoms with Crippen molar-refractivity contribution in [3.63, 3.8) is 0 Å². The number of hydrogen-bond acceptors (Lipinski definition) is 3. The van der Waals surface area contributed by atoms with E-state index < -0.39 is 0 Å². The van der Waals surface area contributed by atoms with Crippen LogP contribution >= 0.6 is 0 Å². The van der Waals surface area contributed by atoms with E-state index in [1.165, 1.54) is 5.56 Å². The van der Waals surface area contributed by atoms with E-state index in [1.54, 1.807) is 0 Å². The van der Waals surface area contributed by atoms with Crippen LogP contribution in [0.2, 0.25) is 0 Å². The van der Waals surface area contributed by atoms with Gasteiger partial charge in [0.2, 0.25) is 5.78 Å². The van der Waals surface area contributed by atoms with Crippen LogP contribution in [0, 0.1) is 18.3 Å². The molecule has 5 rings (SSSR count). The molecule has 0 fully saturated rings. The van der Waals surface area contributed by atoms with Crippen LogP contribution in [0.15, 0.2) is 78.9 Å². The van der Waals surface area contributed by atoms with Gasteiger partial charge >= 0.3 is 0 Å². The van der Waals surface area contributed by atoms with Crippen molar-refractivity contribution in [1.29, 1.82) is 5.26 Å². The van der Waals surface area contributed by atoms with Crippen molar-refractivity contribution in [2.24, 2.45) is 0 Å². The molecule has 3 aromatic carbocycles. The van der Waals surface area contributed by atoms with Gasteiger partial charge in [0.1, 0.15) is 5.82 Å². The zero-order chi connectivity index (χ0) is 23.5. The molecule has 0 atom stereocenters. The Morgan fingerprint density at radius 2 is 1.62 bits per heavy atom. The minimum atomic E-state index is 0.690. The minimum Gasteiger partial charge on any atom is -0.292 e. The topological polar surface area (TPSA) is 58.9 Å². The monoisotopic (exact) mass is 445 g/mol. The van der Waals surface area contributed by atoms with E-state index in [2.05, 4.69) is 73.0 Å². The molecule has 0 radical (unpaired) electrons. The summed E-state index contributed by atoms with van der Waals surface area (Å²) in [5.74, 6) is 1.93. The molecule has 5 nitrogen and oxygen atoms in total. The first-order chi connectivity index (χ1) is 16.7. The number of rotatable bonds is 7. The fraction of sp³-hybridized carbons (Fsp3) is 0.207. The Labute approximate surface area is 199 Å². The lowest BCUT2D eigenvalue weighted by atomic mass is 9.99. The number of benzene rings is 3. The van der Waals surface area contributed by atoms with Gasteiger partial charge in [0.15, 0.2) is 0 Å². The maximum atomic E-state index is 9.44. The summed E-state index contributed by atoms with van der Waals surface area (Å²) in [5.41, 5.74) is 7.03. The quantitative estimate of drug-likeness (QED) is 0.290. The van der Waals surface area contributed by atoms with Crippen LogP contribution in [0.1, 0.15) is 42.4 Å². The lowest BCUT2D eigenvalue weighted by molar-refractivity contribution is 0.682. The van der Waals surface area contributed by atoms with E-state index >= 15 is 0 Å². The molecule has 5 heteroatoms. The van der Waals surface area contributed by atoms with Crippen LogP contribution in [0.5, 0.6) is 0 Å². The number of hydrogen-bond donors (Lipinski definition) is 0. The molecule has 0 unspecified atom stereocenters. The molecule has 5 aromatic rings. The van der Waals surface area contributed by atoms with Crippen LogP contribution in [-0.4, -0.2) is 19.2 Å². The Morgan fingerprint density at radius 1 is 0.882 bits per heavy atom. The number of aryl methyl sites for hydroxylation is 2. The SMILES string of the molecule is CCCCc1nn2c(-c3ccccc3)c(C)nc2n1Cc1ccc(-c2ccccc2C#N)cc1. The highest BCUT2D eigenvalue weighted by molar-refractivity contribution is 5.70. The highest BCUT2D eigenvalue weighted by atomic mass is 15.4. The standard InChI is InChI=1S/C29H27N5/c1-3-4-14-27-32-34-28(24-10-6-5-7-11-24)21(2)31-29(34)33(27)20-22-15-17-23(18-16-22)26-13-9-8-12-25(26)19-30/h5-13,15-18H,3-4,14,20H2,1-2H3. The van der Waals surface area contributed by atoms with Gasteiger partial charge in [-0.05, 0) is 36.1 Å². The first-order valence-corrected chi connectivity index (χ1v) is 11.8. The minimum absolute atomic E-state index is 0.690. The van der Waals surface area contributed by atoms with Crippen LogP contribution in [0.3, 0.4) is 0 Å². The summed E-state index contributed by atoms with van der Waals surface area (Å²) < 4.78 is 4.25. The van der Waals surface area contributed by atoms with Crippen molar-refractivity contribution in [2.45, 2.75) is 39.7 Å². The van der Waals surface area contributed by atoms with Crippen molar-refractivity contribution in [2.75, 3.05) is 0 Å².